The number of Topliss-reactive ketones (excluding diaryl/α,β-unsaturated/α-hetero) is 1. The first-order valence-corrected chi connectivity index (χ1v) is 10.0. The normalized spacial score (nSPS) is 11.2. The minimum atomic E-state index is -0.184. The minimum Gasteiger partial charge on any atom is -0.318 e. The number of halogens is 1. The maximum absolute atomic E-state index is 12.9. The molecule has 1 aromatic carbocycles. The molecule has 5 nitrogen and oxygen atoms in total. The van der Waals surface area contributed by atoms with Crippen LogP contribution in [-0.2, 0) is 6.54 Å². The van der Waals surface area contributed by atoms with Crippen molar-refractivity contribution in [2.75, 3.05) is 0 Å². The molecule has 0 amide bonds. The lowest BCUT2D eigenvalue weighted by Gasteiger charge is -2.10. The van der Waals surface area contributed by atoms with Crippen LogP contribution in [0.4, 0.5) is 0 Å². The van der Waals surface area contributed by atoms with Gasteiger partial charge in [-0.15, -0.1) is 11.3 Å². The van der Waals surface area contributed by atoms with E-state index in [0.717, 1.165) is 21.5 Å². The highest BCUT2D eigenvalue weighted by Crippen LogP contribution is 2.23. The van der Waals surface area contributed by atoms with Gasteiger partial charge in [0.05, 0.1) is 18.3 Å². The van der Waals surface area contributed by atoms with Crippen molar-refractivity contribution in [3.8, 4) is 5.69 Å². The van der Waals surface area contributed by atoms with Crippen molar-refractivity contribution in [2.45, 2.75) is 20.4 Å². The van der Waals surface area contributed by atoms with Crippen LogP contribution in [0.15, 0.2) is 57.4 Å². The summed E-state index contributed by atoms with van der Waals surface area (Å²) in [6, 6.07) is 11.6. The summed E-state index contributed by atoms with van der Waals surface area (Å²) in [5.41, 5.74) is 3.25. The molecule has 0 radical (unpaired) electrons. The second kappa shape index (κ2) is 6.90. The summed E-state index contributed by atoms with van der Waals surface area (Å²) >= 11 is 4.86. The van der Waals surface area contributed by atoms with Gasteiger partial charge in [-0.05, 0) is 55.6 Å². The molecular weight excluding hydrogens is 426 g/mol. The van der Waals surface area contributed by atoms with Gasteiger partial charge in [-0.1, -0.05) is 15.9 Å². The van der Waals surface area contributed by atoms with Crippen molar-refractivity contribution < 1.29 is 4.79 Å². The molecule has 0 aliphatic carbocycles. The average molecular weight is 442 g/mol. The van der Waals surface area contributed by atoms with Gasteiger partial charge in [-0.2, -0.15) is 0 Å². The van der Waals surface area contributed by atoms with Crippen molar-refractivity contribution in [1.82, 2.24) is 14.1 Å². The number of benzene rings is 1. The molecule has 3 aromatic heterocycles. The van der Waals surface area contributed by atoms with E-state index in [4.69, 9.17) is 0 Å². The highest BCUT2D eigenvalue weighted by Gasteiger charge is 2.18. The molecule has 0 N–H and O–H groups in total. The van der Waals surface area contributed by atoms with Crippen LogP contribution in [0.3, 0.4) is 0 Å². The maximum atomic E-state index is 12.9. The van der Waals surface area contributed by atoms with Gasteiger partial charge < -0.3 is 4.57 Å². The molecule has 0 unspecified atom stereocenters. The van der Waals surface area contributed by atoms with Crippen LogP contribution >= 0.6 is 27.3 Å². The van der Waals surface area contributed by atoms with Crippen LogP contribution in [0.5, 0.6) is 0 Å². The molecule has 4 rings (SSSR count). The van der Waals surface area contributed by atoms with Crippen LogP contribution in [-0.4, -0.2) is 19.9 Å². The summed E-state index contributed by atoms with van der Waals surface area (Å²) in [4.78, 5) is 30.4. The van der Waals surface area contributed by atoms with E-state index in [-0.39, 0.29) is 17.9 Å². The third-order valence-corrected chi connectivity index (χ3v) is 5.93. The standard InChI is InChI=1S/C20H16BrN3O2S/c1-12-9-17(13(2)24(12)15-5-3-14(21)4-6-15)18(25)10-23-11-22-19-16(20(23)26)7-8-27-19/h3-9,11H,10H2,1-2H3. The molecule has 0 saturated carbocycles. The van der Waals surface area contributed by atoms with Gasteiger partial charge in [0.1, 0.15) is 4.83 Å². The lowest BCUT2D eigenvalue weighted by Crippen LogP contribution is -2.24. The van der Waals surface area contributed by atoms with Crippen LogP contribution in [0, 0.1) is 13.8 Å². The van der Waals surface area contributed by atoms with E-state index in [2.05, 4.69) is 20.9 Å². The zero-order valence-corrected chi connectivity index (χ0v) is 17.2. The smallest absolute Gasteiger partial charge is 0.262 e. The Morgan fingerprint density at radius 2 is 1.93 bits per heavy atom. The second-order valence-electron chi connectivity index (χ2n) is 6.34. The van der Waals surface area contributed by atoms with E-state index >= 15 is 0 Å². The van der Waals surface area contributed by atoms with Gasteiger partial charge in [-0.3, -0.25) is 14.2 Å². The van der Waals surface area contributed by atoms with E-state index in [1.807, 2.05) is 54.1 Å². The first-order valence-electron chi connectivity index (χ1n) is 8.36. The predicted octanol–water partition coefficient (Wildman–Crippen LogP) is 4.51. The van der Waals surface area contributed by atoms with Gasteiger partial charge in [0.25, 0.3) is 5.56 Å². The van der Waals surface area contributed by atoms with Crippen molar-refractivity contribution in [1.29, 1.82) is 0 Å². The molecule has 3 heterocycles. The number of rotatable bonds is 4. The second-order valence-corrected chi connectivity index (χ2v) is 8.15. The number of ketones is 1. The Bertz CT molecular complexity index is 1220. The van der Waals surface area contributed by atoms with E-state index in [0.29, 0.717) is 15.8 Å². The molecule has 7 heteroatoms. The SMILES string of the molecule is Cc1cc(C(=O)Cn2cnc3sccc3c2=O)c(C)n1-c1ccc(Br)cc1. The molecule has 4 aromatic rings. The summed E-state index contributed by atoms with van der Waals surface area (Å²) in [6.45, 7) is 3.87. The fourth-order valence-electron chi connectivity index (χ4n) is 3.28. The highest BCUT2D eigenvalue weighted by atomic mass is 79.9. The minimum absolute atomic E-state index is 0.0255. The quantitative estimate of drug-likeness (QED) is 0.437. The van der Waals surface area contributed by atoms with Gasteiger partial charge >= 0.3 is 0 Å². The predicted molar refractivity (Wildman–Crippen MR) is 111 cm³/mol. The number of nitrogens with zero attached hydrogens (tertiary/aromatic N) is 3. The third-order valence-electron chi connectivity index (χ3n) is 4.58. The van der Waals surface area contributed by atoms with Crippen molar-refractivity contribution in [3.63, 3.8) is 0 Å². The number of fused-ring (bicyclic) bond motifs is 1. The van der Waals surface area contributed by atoms with Crippen LogP contribution in [0.1, 0.15) is 21.7 Å². The van der Waals surface area contributed by atoms with Crippen molar-refractivity contribution in [2.24, 2.45) is 0 Å². The highest BCUT2D eigenvalue weighted by molar-refractivity contribution is 9.10. The van der Waals surface area contributed by atoms with Gasteiger partial charge in [-0.25, -0.2) is 4.98 Å². The van der Waals surface area contributed by atoms with Gasteiger partial charge in [0.15, 0.2) is 5.78 Å². The zero-order valence-electron chi connectivity index (χ0n) is 14.8. The summed E-state index contributed by atoms with van der Waals surface area (Å²) in [6.07, 6.45) is 1.45. The number of thiophene rings is 1. The Balaban J connectivity index is 1.70. The Morgan fingerprint density at radius 1 is 1.19 bits per heavy atom. The lowest BCUT2D eigenvalue weighted by atomic mass is 10.1. The fourth-order valence-corrected chi connectivity index (χ4v) is 4.27. The molecule has 0 spiro atoms. The van der Waals surface area contributed by atoms with Gasteiger partial charge in [0, 0.05) is 27.1 Å². The monoisotopic (exact) mass is 441 g/mol. The lowest BCUT2D eigenvalue weighted by molar-refractivity contribution is 0.0970. The third kappa shape index (κ3) is 3.17. The van der Waals surface area contributed by atoms with E-state index in [1.54, 1.807) is 6.07 Å². The molecule has 0 bridgehead atoms. The van der Waals surface area contributed by atoms with Crippen LogP contribution in [0.25, 0.3) is 15.9 Å². The summed E-state index contributed by atoms with van der Waals surface area (Å²) in [5.74, 6) is -0.107. The molecule has 27 heavy (non-hydrogen) atoms. The molecule has 0 aliphatic rings. The fraction of sp³-hybridized carbons (Fsp3) is 0.150. The van der Waals surface area contributed by atoms with Crippen molar-refractivity contribution in [3.05, 3.63) is 79.9 Å². The molecule has 0 fully saturated rings. The van der Waals surface area contributed by atoms with E-state index in [1.165, 1.54) is 22.2 Å². The number of hydrogen-bond donors (Lipinski definition) is 0. The number of aromatic nitrogens is 3. The first kappa shape index (κ1) is 17.9. The summed E-state index contributed by atoms with van der Waals surface area (Å²) in [5, 5.41) is 2.38. The van der Waals surface area contributed by atoms with Crippen molar-refractivity contribution >= 4 is 43.3 Å². The molecule has 0 saturated heterocycles. The van der Waals surface area contributed by atoms with E-state index in [9.17, 15) is 9.59 Å². The summed E-state index contributed by atoms with van der Waals surface area (Å²) < 4.78 is 4.42. The number of hydrogen-bond acceptors (Lipinski definition) is 4. The topological polar surface area (TPSA) is 56.9 Å². The largest absolute Gasteiger partial charge is 0.318 e. The maximum Gasteiger partial charge on any atom is 0.262 e. The number of aryl methyl sites for hydroxylation is 1. The summed E-state index contributed by atoms with van der Waals surface area (Å²) in [7, 11) is 0. The Labute approximate surface area is 168 Å². The zero-order chi connectivity index (χ0) is 19.1. The molecule has 0 atom stereocenters. The van der Waals surface area contributed by atoms with Crippen LogP contribution < -0.4 is 5.56 Å². The molecule has 0 aliphatic heterocycles. The number of carbonyl (C=O) groups is 1. The Morgan fingerprint density at radius 3 is 2.67 bits per heavy atom. The molecular formula is C20H16BrN3O2S. The Kier molecular flexibility index (Phi) is 4.57. The first-order chi connectivity index (χ1) is 13.0. The number of carbonyl (C=O) groups excluding carboxylic acids is 1. The van der Waals surface area contributed by atoms with Gasteiger partial charge in [0.2, 0.25) is 0 Å². The Hall–Kier alpha value is -2.51. The van der Waals surface area contributed by atoms with Crippen LogP contribution in [0.2, 0.25) is 0 Å². The average Bonchev–Trinajstić information content (AvgIpc) is 3.23. The van der Waals surface area contributed by atoms with E-state index < -0.39 is 0 Å². The molecule has 136 valence electrons.